The molecule has 5 heterocycles. The Morgan fingerprint density at radius 2 is 1.00 bits per heavy atom. The largest absolute Gasteiger partial charge is 0.456 e. The normalized spacial score (nSPS) is 11.8. The first-order chi connectivity index (χ1) is 28.7. The van der Waals surface area contributed by atoms with Crippen LogP contribution in [0.4, 0.5) is 0 Å². The van der Waals surface area contributed by atoms with Crippen molar-refractivity contribution in [2.24, 2.45) is 0 Å². The summed E-state index contributed by atoms with van der Waals surface area (Å²) in [5.74, 6) is 1.83. The number of nitrogens with zero attached hydrogens (tertiary/aromatic N) is 6. The Morgan fingerprint density at radius 3 is 1.84 bits per heavy atom. The van der Waals surface area contributed by atoms with Crippen LogP contribution in [0.15, 0.2) is 187 Å². The number of imidazole rings is 1. The summed E-state index contributed by atoms with van der Waals surface area (Å²) >= 11 is 0. The Labute approximate surface area is 331 Å². The second-order valence-electron chi connectivity index (χ2n) is 14.5. The molecular formula is C51H30N6O. The van der Waals surface area contributed by atoms with Gasteiger partial charge in [-0.05, 0) is 82.6 Å². The summed E-state index contributed by atoms with van der Waals surface area (Å²) < 4.78 is 8.31. The van der Waals surface area contributed by atoms with Crippen LogP contribution < -0.4 is 0 Å². The Hall–Kier alpha value is -8.03. The summed E-state index contributed by atoms with van der Waals surface area (Å²) in [5.41, 5.74) is 11.6. The maximum atomic E-state index is 6.12. The van der Waals surface area contributed by atoms with E-state index in [9.17, 15) is 0 Å². The lowest BCUT2D eigenvalue weighted by Crippen LogP contribution is -2.00. The number of para-hydroxylation sites is 1. The summed E-state index contributed by atoms with van der Waals surface area (Å²) in [6, 6.07) is 58.3. The molecule has 0 N–H and O–H groups in total. The van der Waals surface area contributed by atoms with E-state index in [1.165, 1.54) is 0 Å². The van der Waals surface area contributed by atoms with Crippen molar-refractivity contribution in [1.29, 1.82) is 0 Å². The molecule has 0 saturated heterocycles. The topological polar surface area (TPSA) is 82.0 Å². The van der Waals surface area contributed by atoms with Gasteiger partial charge in [-0.25, -0.2) is 19.9 Å². The molecule has 0 aliphatic rings. The summed E-state index contributed by atoms with van der Waals surface area (Å²) in [4.78, 5) is 24.8. The number of hydrogen-bond donors (Lipinski definition) is 0. The Kier molecular flexibility index (Phi) is 7.09. The van der Waals surface area contributed by atoms with Gasteiger partial charge in [0.25, 0.3) is 0 Å². The number of fused-ring (bicyclic) bond motifs is 11. The molecule has 0 bridgehead atoms. The molecule has 5 aromatic heterocycles. The minimum absolute atomic E-state index is 0.602. The third kappa shape index (κ3) is 5.18. The Balaban J connectivity index is 0.993. The number of rotatable bonds is 5. The molecule has 58 heavy (non-hydrogen) atoms. The van der Waals surface area contributed by atoms with E-state index in [0.717, 1.165) is 99.2 Å². The van der Waals surface area contributed by atoms with E-state index in [0.29, 0.717) is 17.5 Å². The lowest BCUT2D eigenvalue weighted by Gasteiger charge is -2.12. The summed E-state index contributed by atoms with van der Waals surface area (Å²) in [6.07, 6.45) is 3.94. The second-order valence-corrected chi connectivity index (χ2v) is 14.5. The van der Waals surface area contributed by atoms with E-state index in [-0.39, 0.29) is 0 Å². The van der Waals surface area contributed by atoms with Crippen LogP contribution in [0.3, 0.4) is 0 Å². The van der Waals surface area contributed by atoms with Crippen LogP contribution in [0.25, 0.3) is 117 Å². The third-order valence-corrected chi connectivity index (χ3v) is 11.1. The monoisotopic (exact) mass is 742 g/mol. The second kappa shape index (κ2) is 12.8. The number of aromatic nitrogens is 6. The van der Waals surface area contributed by atoms with Crippen LogP contribution in [0.1, 0.15) is 0 Å². The van der Waals surface area contributed by atoms with Gasteiger partial charge in [0.2, 0.25) is 0 Å². The van der Waals surface area contributed by atoms with Gasteiger partial charge >= 0.3 is 0 Å². The molecule has 270 valence electrons. The van der Waals surface area contributed by atoms with Gasteiger partial charge in [0.15, 0.2) is 17.5 Å². The van der Waals surface area contributed by atoms with Gasteiger partial charge in [-0.2, -0.15) is 0 Å². The molecule has 0 spiro atoms. The molecule has 0 atom stereocenters. The zero-order valence-corrected chi connectivity index (χ0v) is 30.9. The van der Waals surface area contributed by atoms with E-state index in [1.54, 1.807) is 0 Å². The molecule has 0 unspecified atom stereocenters. The standard InChI is InChI=1S/C51H30N6O/c1-2-10-32(11-3-1)49-54-50(56-51(55-49)36-22-25-45-42(30-36)37-12-4-5-14-44(37)58-45)33-18-16-31(17-19-33)34-20-24-39-41(28-34)40-29-35(43-13-6-8-26-52-43)21-23-38(40)47-48(39)57-27-9-7-15-46(57)53-47/h1-30H. The average Bonchev–Trinajstić information content (AvgIpc) is 3.88. The fourth-order valence-electron chi connectivity index (χ4n) is 8.29. The van der Waals surface area contributed by atoms with E-state index in [4.69, 9.17) is 24.4 Å². The van der Waals surface area contributed by atoms with Gasteiger partial charge < -0.3 is 4.42 Å². The van der Waals surface area contributed by atoms with Crippen LogP contribution >= 0.6 is 0 Å². The quantitative estimate of drug-likeness (QED) is 0.163. The lowest BCUT2D eigenvalue weighted by atomic mass is 9.94. The molecule has 0 fully saturated rings. The molecule has 12 rings (SSSR count). The highest BCUT2D eigenvalue weighted by atomic mass is 16.3. The fraction of sp³-hybridized carbons (Fsp3) is 0. The van der Waals surface area contributed by atoms with Gasteiger partial charge in [0.05, 0.1) is 16.7 Å². The van der Waals surface area contributed by atoms with Gasteiger partial charge in [-0.1, -0.05) is 109 Å². The van der Waals surface area contributed by atoms with Crippen LogP contribution in [-0.4, -0.2) is 29.3 Å². The number of benzene rings is 7. The molecular weight excluding hydrogens is 713 g/mol. The first kappa shape index (κ1) is 32.2. The van der Waals surface area contributed by atoms with Crippen molar-refractivity contribution in [3.8, 4) is 56.5 Å². The SMILES string of the molecule is c1ccc(-c2nc(-c3ccc(-c4ccc5c(c4)c4cc(-c6ccccn6)ccc4c4nc6ccccn6c54)cc3)nc(-c3ccc4oc5ccccc5c4c3)n2)cc1. The molecule has 0 aliphatic carbocycles. The van der Waals surface area contributed by atoms with Crippen molar-refractivity contribution in [3.05, 3.63) is 182 Å². The van der Waals surface area contributed by atoms with Crippen molar-refractivity contribution >= 4 is 60.2 Å². The van der Waals surface area contributed by atoms with Crippen LogP contribution in [0.5, 0.6) is 0 Å². The first-order valence-electron chi connectivity index (χ1n) is 19.2. The first-order valence-corrected chi connectivity index (χ1v) is 19.2. The highest BCUT2D eigenvalue weighted by molar-refractivity contribution is 6.25. The van der Waals surface area contributed by atoms with E-state index in [2.05, 4.69) is 107 Å². The van der Waals surface area contributed by atoms with Gasteiger partial charge in [-0.3, -0.25) is 9.38 Å². The fourth-order valence-corrected chi connectivity index (χ4v) is 8.29. The number of hydrogen-bond acceptors (Lipinski definition) is 6. The molecule has 7 aromatic carbocycles. The smallest absolute Gasteiger partial charge is 0.164 e. The van der Waals surface area contributed by atoms with E-state index in [1.807, 2.05) is 85.1 Å². The van der Waals surface area contributed by atoms with Crippen LogP contribution in [0, 0.1) is 0 Å². The summed E-state index contributed by atoms with van der Waals surface area (Å²) in [5, 5.41) is 6.64. The molecule has 7 nitrogen and oxygen atoms in total. The molecule has 7 heteroatoms. The van der Waals surface area contributed by atoms with Gasteiger partial charge in [-0.15, -0.1) is 0 Å². The molecule has 12 aromatic rings. The minimum Gasteiger partial charge on any atom is -0.456 e. The number of furan rings is 1. The van der Waals surface area contributed by atoms with E-state index >= 15 is 0 Å². The Bertz CT molecular complexity index is 3560. The summed E-state index contributed by atoms with van der Waals surface area (Å²) in [6.45, 7) is 0. The highest BCUT2D eigenvalue weighted by Gasteiger charge is 2.18. The van der Waals surface area contributed by atoms with Crippen molar-refractivity contribution in [1.82, 2.24) is 29.3 Å². The minimum atomic E-state index is 0.602. The third-order valence-electron chi connectivity index (χ3n) is 11.1. The predicted octanol–water partition coefficient (Wildman–Crippen LogP) is 12.6. The van der Waals surface area contributed by atoms with Gasteiger partial charge in [0, 0.05) is 56.2 Å². The highest BCUT2D eigenvalue weighted by Crippen LogP contribution is 2.40. The maximum absolute atomic E-state index is 6.12. The summed E-state index contributed by atoms with van der Waals surface area (Å²) in [7, 11) is 0. The molecule has 0 radical (unpaired) electrons. The zero-order valence-electron chi connectivity index (χ0n) is 30.9. The molecule has 0 saturated carbocycles. The lowest BCUT2D eigenvalue weighted by molar-refractivity contribution is 0.669. The van der Waals surface area contributed by atoms with Crippen molar-refractivity contribution < 1.29 is 4.42 Å². The zero-order chi connectivity index (χ0) is 38.2. The van der Waals surface area contributed by atoms with Crippen molar-refractivity contribution in [2.75, 3.05) is 0 Å². The molecule has 0 amide bonds. The maximum Gasteiger partial charge on any atom is 0.164 e. The van der Waals surface area contributed by atoms with Crippen LogP contribution in [-0.2, 0) is 0 Å². The molecule has 0 aliphatic heterocycles. The Morgan fingerprint density at radius 1 is 0.379 bits per heavy atom. The predicted molar refractivity (Wildman–Crippen MR) is 233 cm³/mol. The van der Waals surface area contributed by atoms with E-state index < -0.39 is 0 Å². The number of pyridine rings is 2. The van der Waals surface area contributed by atoms with Crippen molar-refractivity contribution in [3.63, 3.8) is 0 Å². The van der Waals surface area contributed by atoms with Gasteiger partial charge in [0.1, 0.15) is 16.8 Å². The van der Waals surface area contributed by atoms with Crippen molar-refractivity contribution in [2.45, 2.75) is 0 Å². The van der Waals surface area contributed by atoms with Crippen LogP contribution in [0.2, 0.25) is 0 Å². The average molecular weight is 743 g/mol.